The lowest BCUT2D eigenvalue weighted by Gasteiger charge is -2.45. The zero-order valence-electron chi connectivity index (χ0n) is 27.3. The second kappa shape index (κ2) is 11.6. The first-order valence-corrected chi connectivity index (χ1v) is 16.1. The molecule has 1 aromatic carbocycles. The average Bonchev–Trinajstić information content (AvgIpc) is 3.23. The Balaban J connectivity index is 1.60. The Morgan fingerprint density at radius 3 is 2.23 bits per heavy atom. The molecule has 0 aliphatic carbocycles. The number of anilines is 1. The van der Waals surface area contributed by atoms with E-state index in [1.807, 2.05) is 67.3 Å². The summed E-state index contributed by atoms with van der Waals surface area (Å²) in [6.45, 7) is 15.8. The first kappa shape index (κ1) is 32.2. The van der Waals surface area contributed by atoms with E-state index in [0.717, 1.165) is 12.2 Å². The Bertz CT molecular complexity index is 1330. The van der Waals surface area contributed by atoms with Gasteiger partial charge in [0.15, 0.2) is 0 Å². The number of hydrogen-bond donors (Lipinski definition) is 1. The standard InChI is InChI=1S/C35H49N3O6/c1-8-34-17-10-19-36(24-13-15-25(16-14-24)43-9-2)29(40)26(34)27-30(41)37(20-12-22-39)28-31(42)38(21-11-18-35(27,28)44-34)33(6,7)23-32(3,4)5/h10-11,13-18,26-28,39H,8-9,12,19-23H2,1-7H3/t26-,27-,28?,34+,35-/m0/s1. The van der Waals surface area contributed by atoms with E-state index in [9.17, 15) is 19.5 Å². The molecule has 240 valence electrons. The first-order valence-electron chi connectivity index (χ1n) is 16.1. The Hall–Kier alpha value is -3.17. The highest BCUT2D eigenvalue weighted by Gasteiger charge is 2.75. The number of aliphatic hydroxyl groups excluding tert-OH is 1. The van der Waals surface area contributed by atoms with Crippen LogP contribution in [0.5, 0.6) is 5.75 Å². The van der Waals surface area contributed by atoms with Crippen molar-refractivity contribution in [1.29, 1.82) is 0 Å². The van der Waals surface area contributed by atoms with Gasteiger partial charge in [0.25, 0.3) is 0 Å². The lowest BCUT2D eigenvalue weighted by Crippen LogP contribution is -2.60. The molecule has 44 heavy (non-hydrogen) atoms. The van der Waals surface area contributed by atoms with Gasteiger partial charge >= 0.3 is 0 Å². The van der Waals surface area contributed by atoms with Crippen molar-refractivity contribution in [2.75, 3.05) is 37.7 Å². The van der Waals surface area contributed by atoms with Crippen molar-refractivity contribution in [3.05, 3.63) is 48.6 Å². The first-order chi connectivity index (χ1) is 20.7. The normalized spacial score (nSPS) is 30.3. The molecule has 1 N–H and O–H groups in total. The van der Waals surface area contributed by atoms with Gasteiger partial charge in [-0.3, -0.25) is 14.4 Å². The Kier molecular flexibility index (Phi) is 8.53. The molecule has 2 fully saturated rings. The van der Waals surface area contributed by atoms with Crippen LogP contribution in [0.15, 0.2) is 48.6 Å². The molecule has 4 heterocycles. The molecule has 1 aromatic rings. The third kappa shape index (κ3) is 5.26. The number of rotatable bonds is 9. The fourth-order valence-corrected chi connectivity index (χ4v) is 8.30. The zero-order chi connectivity index (χ0) is 32.1. The van der Waals surface area contributed by atoms with Crippen LogP contribution >= 0.6 is 0 Å². The molecule has 9 nitrogen and oxygen atoms in total. The predicted octanol–water partition coefficient (Wildman–Crippen LogP) is 4.34. The molecule has 0 aromatic heterocycles. The molecule has 0 radical (unpaired) electrons. The predicted molar refractivity (Wildman–Crippen MR) is 169 cm³/mol. The molecular weight excluding hydrogens is 558 g/mol. The molecule has 5 rings (SSSR count). The summed E-state index contributed by atoms with van der Waals surface area (Å²) in [7, 11) is 0. The van der Waals surface area contributed by atoms with Crippen molar-refractivity contribution < 1.29 is 29.0 Å². The van der Waals surface area contributed by atoms with Crippen LogP contribution in [0.4, 0.5) is 5.69 Å². The van der Waals surface area contributed by atoms with Crippen molar-refractivity contribution in [1.82, 2.24) is 9.80 Å². The summed E-state index contributed by atoms with van der Waals surface area (Å²) in [5.41, 5.74) is -2.20. The minimum atomic E-state index is -1.32. The minimum absolute atomic E-state index is 0.0348. The van der Waals surface area contributed by atoms with Crippen molar-refractivity contribution in [2.45, 2.75) is 90.5 Å². The average molecular weight is 608 g/mol. The van der Waals surface area contributed by atoms with Gasteiger partial charge in [-0.25, -0.2) is 0 Å². The smallest absolute Gasteiger partial charge is 0.249 e. The van der Waals surface area contributed by atoms with Crippen molar-refractivity contribution in [2.24, 2.45) is 17.3 Å². The molecule has 4 aliphatic rings. The van der Waals surface area contributed by atoms with Gasteiger partial charge < -0.3 is 29.3 Å². The molecule has 3 amide bonds. The number of nitrogens with zero attached hydrogens (tertiary/aromatic N) is 3. The van der Waals surface area contributed by atoms with E-state index >= 15 is 0 Å². The van der Waals surface area contributed by atoms with Crippen molar-refractivity contribution in [3.63, 3.8) is 0 Å². The Morgan fingerprint density at radius 2 is 1.61 bits per heavy atom. The second-order valence-corrected chi connectivity index (χ2v) is 14.4. The number of hydrogen-bond acceptors (Lipinski definition) is 6. The van der Waals surface area contributed by atoms with E-state index in [4.69, 9.17) is 9.47 Å². The number of benzene rings is 1. The number of aliphatic hydroxyl groups is 1. The number of fused-ring (bicyclic) bond motifs is 2. The fraction of sp³-hybridized carbons (Fsp3) is 0.629. The van der Waals surface area contributed by atoms with Gasteiger partial charge in [-0.2, -0.15) is 0 Å². The highest BCUT2D eigenvalue weighted by Crippen LogP contribution is 2.59. The third-order valence-corrected chi connectivity index (χ3v) is 9.65. The monoisotopic (exact) mass is 607 g/mol. The maximum Gasteiger partial charge on any atom is 0.249 e. The van der Waals surface area contributed by atoms with Gasteiger partial charge in [0.2, 0.25) is 17.7 Å². The van der Waals surface area contributed by atoms with E-state index in [1.54, 1.807) is 9.80 Å². The van der Waals surface area contributed by atoms with Gasteiger partial charge in [0.1, 0.15) is 17.4 Å². The summed E-state index contributed by atoms with van der Waals surface area (Å²) < 4.78 is 12.7. The Morgan fingerprint density at radius 1 is 0.932 bits per heavy atom. The summed E-state index contributed by atoms with van der Waals surface area (Å²) in [5.74, 6) is -1.66. The second-order valence-electron chi connectivity index (χ2n) is 14.4. The highest BCUT2D eigenvalue weighted by molar-refractivity contribution is 6.04. The summed E-state index contributed by atoms with van der Waals surface area (Å²) in [6, 6.07) is 6.46. The van der Waals surface area contributed by atoms with E-state index in [-0.39, 0.29) is 36.3 Å². The molecule has 9 heteroatoms. The SMILES string of the molecule is CCOc1ccc(N2CC=C[C@@]3(CC)O[C@]45C=CCN(C(C)(C)CC(C)(C)C)C(=O)C4N(CCCO)C(=O)[C@@H]5[C@H]3C2=O)cc1. The molecule has 1 spiro atoms. The quantitative estimate of drug-likeness (QED) is 0.420. The van der Waals surface area contributed by atoms with Crippen LogP contribution < -0.4 is 9.64 Å². The number of carbonyl (C=O) groups excluding carboxylic acids is 3. The molecule has 5 atom stereocenters. The maximum atomic E-state index is 14.8. The van der Waals surface area contributed by atoms with Gasteiger partial charge in [-0.05, 0) is 69.7 Å². The van der Waals surface area contributed by atoms with Crippen LogP contribution in [-0.2, 0) is 19.1 Å². The summed E-state index contributed by atoms with van der Waals surface area (Å²) in [6.07, 6.45) is 9.29. The van der Waals surface area contributed by atoms with E-state index in [2.05, 4.69) is 34.6 Å². The third-order valence-electron chi connectivity index (χ3n) is 9.65. The summed E-state index contributed by atoms with van der Waals surface area (Å²) in [4.78, 5) is 49.2. The molecular formula is C35H49N3O6. The maximum absolute atomic E-state index is 14.8. The summed E-state index contributed by atoms with van der Waals surface area (Å²) >= 11 is 0. The van der Waals surface area contributed by atoms with E-state index < -0.39 is 34.6 Å². The number of likely N-dealkylation sites (tertiary alicyclic amines) is 1. The number of ether oxygens (including phenoxy) is 2. The van der Waals surface area contributed by atoms with Crippen molar-refractivity contribution >= 4 is 23.4 Å². The van der Waals surface area contributed by atoms with Gasteiger partial charge in [-0.1, -0.05) is 52.0 Å². The van der Waals surface area contributed by atoms with E-state index in [1.165, 1.54) is 0 Å². The topological polar surface area (TPSA) is 99.6 Å². The van der Waals surface area contributed by atoms with Gasteiger partial charge in [-0.15, -0.1) is 0 Å². The lowest BCUT2D eigenvalue weighted by atomic mass is 9.72. The summed E-state index contributed by atoms with van der Waals surface area (Å²) in [5, 5.41) is 9.74. The zero-order valence-corrected chi connectivity index (χ0v) is 27.3. The van der Waals surface area contributed by atoms with E-state index in [0.29, 0.717) is 38.2 Å². The van der Waals surface area contributed by atoms with Crippen LogP contribution in [0.3, 0.4) is 0 Å². The molecule has 0 saturated carbocycles. The number of amides is 3. The molecule has 2 saturated heterocycles. The van der Waals surface area contributed by atoms with Crippen LogP contribution in [-0.4, -0.2) is 88.3 Å². The van der Waals surface area contributed by atoms with Crippen LogP contribution in [0, 0.1) is 17.3 Å². The fourth-order valence-electron chi connectivity index (χ4n) is 8.30. The van der Waals surface area contributed by atoms with Gasteiger partial charge in [0.05, 0.1) is 24.0 Å². The lowest BCUT2D eigenvalue weighted by molar-refractivity contribution is -0.156. The van der Waals surface area contributed by atoms with Crippen LogP contribution in [0.25, 0.3) is 0 Å². The van der Waals surface area contributed by atoms with Crippen molar-refractivity contribution in [3.8, 4) is 5.75 Å². The van der Waals surface area contributed by atoms with Crippen LogP contribution in [0.1, 0.15) is 67.7 Å². The van der Waals surface area contributed by atoms with Gasteiger partial charge in [0, 0.05) is 37.5 Å². The highest BCUT2D eigenvalue weighted by atomic mass is 16.5. The number of carbonyl (C=O) groups is 3. The molecule has 1 unspecified atom stereocenters. The van der Waals surface area contributed by atoms with Crippen LogP contribution in [0.2, 0.25) is 0 Å². The largest absolute Gasteiger partial charge is 0.494 e. The Labute approximate surface area is 261 Å². The minimum Gasteiger partial charge on any atom is -0.494 e. The molecule has 4 aliphatic heterocycles. The molecule has 0 bridgehead atoms.